The Morgan fingerprint density at radius 3 is 2.52 bits per heavy atom. The van der Waals surface area contributed by atoms with Crippen LogP contribution in [0.1, 0.15) is 18.1 Å². The second-order valence-electron chi connectivity index (χ2n) is 5.92. The number of hydrogen-bond acceptors (Lipinski definition) is 4. The molecule has 0 saturated carbocycles. The Hall–Kier alpha value is -3.22. The molecule has 2 aromatic rings. The Kier molecular flexibility index (Phi) is 7.49. The maximum absolute atomic E-state index is 12.0. The van der Waals surface area contributed by atoms with Gasteiger partial charge in [-0.25, -0.2) is 4.79 Å². The lowest BCUT2D eigenvalue weighted by molar-refractivity contribution is -0.114. The van der Waals surface area contributed by atoms with Gasteiger partial charge in [-0.1, -0.05) is 12.1 Å². The lowest BCUT2D eigenvalue weighted by Crippen LogP contribution is -2.36. The monoisotopic (exact) mass is 371 g/mol. The van der Waals surface area contributed by atoms with Gasteiger partial charge in [-0.3, -0.25) is 4.79 Å². The van der Waals surface area contributed by atoms with E-state index in [1.807, 2.05) is 36.4 Å². The molecule has 3 amide bonds. The van der Waals surface area contributed by atoms with E-state index in [9.17, 15) is 9.59 Å². The summed E-state index contributed by atoms with van der Waals surface area (Å²) in [5, 5.41) is 8.34. The first-order valence-corrected chi connectivity index (χ1v) is 8.61. The van der Waals surface area contributed by atoms with Gasteiger partial charge in [0, 0.05) is 25.7 Å². The minimum Gasteiger partial charge on any atom is -0.497 e. The Morgan fingerprint density at radius 2 is 1.81 bits per heavy atom. The van der Waals surface area contributed by atoms with Crippen molar-refractivity contribution in [1.29, 1.82) is 0 Å². The van der Waals surface area contributed by atoms with Gasteiger partial charge in [0.15, 0.2) is 0 Å². The maximum Gasteiger partial charge on any atom is 0.315 e. The van der Waals surface area contributed by atoms with Gasteiger partial charge in [-0.05, 0) is 47.9 Å². The van der Waals surface area contributed by atoms with E-state index >= 15 is 0 Å². The molecule has 0 radical (unpaired) electrons. The van der Waals surface area contributed by atoms with Crippen LogP contribution >= 0.6 is 0 Å². The fourth-order valence-corrected chi connectivity index (χ4v) is 2.60. The largest absolute Gasteiger partial charge is 0.497 e. The molecular formula is C20H25N3O4. The van der Waals surface area contributed by atoms with Crippen LogP contribution in [0.25, 0.3) is 0 Å². The van der Waals surface area contributed by atoms with Crippen molar-refractivity contribution in [2.24, 2.45) is 0 Å². The molecule has 0 saturated heterocycles. The number of methoxy groups -OCH3 is 2. The van der Waals surface area contributed by atoms with Crippen molar-refractivity contribution in [3.05, 3.63) is 53.6 Å². The number of amides is 3. The van der Waals surface area contributed by atoms with Crippen LogP contribution in [0.15, 0.2) is 42.5 Å². The van der Waals surface area contributed by atoms with Gasteiger partial charge in [-0.2, -0.15) is 0 Å². The number of hydrogen-bond donors (Lipinski definition) is 3. The van der Waals surface area contributed by atoms with Gasteiger partial charge >= 0.3 is 6.03 Å². The molecule has 0 unspecified atom stereocenters. The van der Waals surface area contributed by atoms with Crippen molar-refractivity contribution in [2.45, 2.75) is 19.9 Å². The number of rotatable bonds is 8. The molecule has 144 valence electrons. The maximum atomic E-state index is 12.0. The molecule has 0 fully saturated rings. The quantitative estimate of drug-likeness (QED) is 0.666. The zero-order valence-corrected chi connectivity index (χ0v) is 15.8. The summed E-state index contributed by atoms with van der Waals surface area (Å²) in [6.45, 7) is 2.28. The highest BCUT2D eigenvalue weighted by Crippen LogP contribution is 2.24. The molecule has 0 atom stereocenters. The second-order valence-corrected chi connectivity index (χ2v) is 5.92. The van der Waals surface area contributed by atoms with Crippen LogP contribution in [-0.2, 0) is 17.8 Å². The summed E-state index contributed by atoms with van der Waals surface area (Å²) < 4.78 is 10.6. The molecule has 0 aliphatic carbocycles. The van der Waals surface area contributed by atoms with E-state index in [2.05, 4.69) is 16.0 Å². The molecule has 3 N–H and O–H groups in total. The predicted octanol–water partition coefficient (Wildman–Crippen LogP) is 2.70. The first-order chi connectivity index (χ1) is 13.0. The van der Waals surface area contributed by atoms with E-state index in [0.717, 1.165) is 22.6 Å². The summed E-state index contributed by atoms with van der Waals surface area (Å²) >= 11 is 0. The number of urea groups is 1. The van der Waals surface area contributed by atoms with E-state index in [1.165, 1.54) is 6.92 Å². The molecule has 2 rings (SSSR count). The van der Waals surface area contributed by atoms with Crippen LogP contribution in [0.2, 0.25) is 0 Å². The number of carbonyl (C=O) groups is 2. The Balaban J connectivity index is 1.81. The van der Waals surface area contributed by atoms with Gasteiger partial charge in [0.2, 0.25) is 5.91 Å². The zero-order valence-electron chi connectivity index (χ0n) is 15.8. The highest BCUT2D eigenvalue weighted by molar-refractivity contribution is 5.88. The average Bonchev–Trinajstić information content (AvgIpc) is 2.66. The topological polar surface area (TPSA) is 88.7 Å². The van der Waals surface area contributed by atoms with Crippen molar-refractivity contribution in [2.75, 3.05) is 26.1 Å². The van der Waals surface area contributed by atoms with Crippen LogP contribution in [-0.4, -0.2) is 32.7 Å². The summed E-state index contributed by atoms with van der Waals surface area (Å²) in [7, 11) is 3.22. The van der Waals surface area contributed by atoms with Gasteiger partial charge in [0.05, 0.1) is 14.2 Å². The molecule has 7 heteroatoms. The van der Waals surface area contributed by atoms with Crippen molar-refractivity contribution in [3.63, 3.8) is 0 Å². The number of carbonyl (C=O) groups excluding carboxylic acids is 2. The van der Waals surface area contributed by atoms with Crippen molar-refractivity contribution < 1.29 is 19.1 Å². The normalized spacial score (nSPS) is 10.0. The number of nitrogens with one attached hydrogen (secondary N) is 3. The molecule has 0 bridgehead atoms. The van der Waals surface area contributed by atoms with Gasteiger partial charge in [0.25, 0.3) is 0 Å². The second kappa shape index (κ2) is 10.1. The van der Waals surface area contributed by atoms with E-state index in [1.54, 1.807) is 20.3 Å². The lowest BCUT2D eigenvalue weighted by atomic mass is 10.1. The van der Waals surface area contributed by atoms with E-state index in [0.29, 0.717) is 25.2 Å². The smallest absolute Gasteiger partial charge is 0.315 e. The van der Waals surface area contributed by atoms with E-state index < -0.39 is 0 Å². The Labute approximate surface area is 159 Å². The molecule has 0 aromatic heterocycles. The molecule has 2 aromatic carbocycles. The third-order valence-corrected chi connectivity index (χ3v) is 3.87. The fourth-order valence-electron chi connectivity index (χ4n) is 2.60. The first-order valence-electron chi connectivity index (χ1n) is 8.61. The van der Waals surface area contributed by atoms with Gasteiger partial charge < -0.3 is 25.4 Å². The zero-order chi connectivity index (χ0) is 19.6. The average molecular weight is 371 g/mol. The van der Waals surface area contributed by atoms with Crippen molar-refractivity contribution in [1.82, 2.24) is 10.6 Å². The van der Waals surface area contributed by atoms with Crippen LogP contribution < -0.4 is 25.4 Å². The van der Waals surface area contributed by atoms with Crippen LogP contribution in [0, 0.1) is 0 Å². The summed E-state index contributed by atoms with van der Waals surface area (Å²) in [5.74, 6) is 1.37. The molecule has 0 aliphatic heterocycles. The standard InChI is InChI=1S/C20H25N3O4/c1-14(24)23-17-6-4-5-15(11-17)13-22-20(25)21-10-9-16-12-18(26-2)7-8-19(16)27-3/h4-8,11-12H,9-10,13H2,1-3H3,(H,23,24)(H2,21,22,25). The predicted molar refractivity (Wildman–Crippen MR) is 104 cm³/mol. The summed E-state index contributed by atoms with van der Waals surface area (Å²) in [6, 6.07) is 12.6. The Morgan fingerprint density at radius 1 is 1.00 bits per heavy atom. The third kappa shape index (κ3) is 6.54. The first kappa shape index (κ1) is 20.1. The molecule has 7 nitrogen and oxygen atoms in total. The summed E-state index contributed by atoms with van der Waals surface area (Å²) in [4.78, 5) is 23.1. The minimum absolute atomic E-state index is 0.133. The number of ether oxygens (including phenoxy) is 2. The summed E-state index contributed by atoms with van der Waals surface area (Å²) in [6.07, 6.45) is 0.617. The summed E-state index contributed by atoms with van der Waals surface area (Å²) in [5.41, 5.74) is 2.55. The third-order valence-electron chi connectivity index (χ3n) is 3.87. The highest BCUT2D eigenvalue weighted by atomic mass is 16.5. The minimum atomic E-state index is -0.262. The van der Waals surface area contributed by atoms with Crippen molar-refractivity contribution in [3.8, 4) is 11.5 Å². The molecule has 0 aliphatic rings. The number of anilines is 1. The molecule has 0 spiro atoms. The van der Waals surface area contributed by atoms with E-state index in [4.69, 9.17) is 9.47 Å². The van der Waals surface area contributed by atoms with Crippen molar-refractivity contribution >= 4 is 17.6 Å². The van der Waals surface area contributed by atoms with Crippen LogP contribution in [0.4, 0.5) is 10.5 Å². The molecule has 27 heavy (non-hydrogen) atoms. The highest BCUT2D eigenvalue weighted by Gasteiger charge is 2.07. The SMILES string of the molecule is COc1ccc(OC)c(CCNC(=O)NCc2cccc(NC(C)=O)c2)c1. The lowest BCUT2D eigenvalue weighted by Gasteiger charge is -2.12. The van der Waals surface area contributed by atoms with Crippen LogP contribution in [0.3, 0.4) is 0 Å². The Bertz CT molecular complexity index is 793. The van der Waals surface area contributed by atoms with Gasteiger partial charge in [0.1, 0.15) is 11.5 Å². The van der Waals surface area contributed by atoms with E-state index in [-0.39, 0.29) is 11.9 Å². The van der Waals surface area contributed by atoms with Gasteiger partial charge in [-0.15, -0.1) is 0 Å². The number of benzene rings is 2. The molecule has 0 heterocycles. The molecular weight excluding hydrogens is 346 g/mol. The fraction of sp³-hybridized carbons (Fsp3) is 0.300. The van der Waals surface area contributed by atoms with Crippen LogP contribution in [0.5, 0.6) is 11.5 Å².